The van der Waals surface area contributed by atoms with Crippen molar-refractivity contribution in [2.45, 2.75) is 6.92 Å². The van der Waals surface area contributed by atoms with E-state index in [2.05, 4.69) is 20.6 Å². The van der Waals surface area contributed by atoms with Crippen LogP contribution in [-0.2, 0) is 0 Å². The van der Waals surface area contributed by atoms with Gasteiger partial charge in [-0.1, -0.05) is 12.1 Å². The molecule has 7 nitrogen and oxygen atoms in total. The smallest absolute Gasteiger partial charge is 0.275 e. The second-order valence-electron chi connectivity index (χ2n) is 5.70. The fourth-order valence-corrected chi connectivity index (χ4v) is 2.38. The molecule has 7 heteroatoms. The van der Waals surface area contributed by atoms with Crippen molar-refractivity contribution in [3.05, 3.63) is 72.2 Å². The summed E-state index contributed by atoms with van der Waals surface area (Å²) >= 11 is 0. The minimum absolute atomic E-state index is 0.0307. The quantitative estimate of drug-likeness (QED) is 0.650. The number of para-hydroxylation sites is 2. The second-order valence-corrected chi connectivity index (χ2v) is 5.70. The highest BCUT2D eigenvalue weighted by atomic mass is 16.5. The largest absolute Gasteiger partial charge is 0.495 e. The van der Waals surface area contributed by atoms with Crippen molar-refractivity contribution in [3.63, 3.8) is 0 Å². The van der Waals surface area contributed by atoms with Crippen LogP contribution in [0.1, 0.15) is 27.8 Å². The molecule has 3 aromatic rings. The molecule has 0 spiro atoms. The average molecular weight is 362 g/mol. The van der Waals surface area contributed by atoms with Gasteiger partial charge in [0.1, 0.15) is 17.3 Å². The van der Waals surface area contributed by atoms with E-state index in [9.17, 15) is 9.59 Å². The summed E-state index contributed by atoms with van der Waals surface area (Å²) in [5.41, 5.74) is 2.08. The molecule has 1 aromatic heterocycles. The molecule has 3 rings (SSSR count). The SMILES string of the molecule is COc1ccccc1Nc1cnc(C(=O)Nc2ccc(C(C)=O)cc2)cn1. The summed E-state index contributed by atoms with van der Waals surface area (Å²) in [5.74, 6) is 0.746. The van der Waals surface area contributed by atoms with E-state index >= 15 is 0 Å². The van der Waals surface area contributed by atoms with Crippen LogP contribution in [0.15, 0.2) is 60.9 Å². The molecule has 0 radical (unpaired) electrons. The molecule has 0 bridgehead atoms. The molecule has 0 saturated carbocycles. The van der Waals surface area contributed by atoms with Crippen LogP contribution in [0.25, 0.3) is 0 Å². The molecule has 0 aliphatic carbocycles. The number of carbonyl (C=O) groups excluding carboxylic acids is 2. The van der Waals surface area contributed by atoms with Gasteiger partial charge in [-0.3, -0.25) is 9.59 Å². The van der Waals surface area contributed by atoms with E-state index in [0.29, 0.717) is 22.8 Å². The zero-order valence-corrected chi connectivity index (χ0v) is 14.9. The summed E-state index contributed by atoms with van der Waals surface area (Å²) in [7, 11) is 1.59. The van der Waals surface area contributed by atoms with Gasteiger partial charge < -0.3 is 15.4 Å². The summed E-state index contributed by atoms with van der Waals surface area (Å²) in [5, 5.41) is 5.81. The number of hydrogen-bond donors (Lipinski definition) is 2. The topological polar surface area (TPSA) is 93.2 Å². The zero-order valence-electron chi connectivity index (χ0n) is 14.9. The van der Waals surface area contributed by atoms with Crippen LogP contribution in [0.3, 0.4) is 0 Å². The van der Waals surface area contributed by atoms with Crippen LogP contribution < -0.4 is 15.4 Å². The molecule has 0 aliphatic heterocycles. The Labute approximate surface area is 156 Å². The molecule has 1 heterocycles. The number of hydrogen-bond acceptors (Lipinski definition) is 6. The lowest BCUT2D eigenvalue weighted by Crippen LogP contribution is -2.14. The van der Waals surface area contributed by atoms with Crippen molar-refractivity contribution in [1.82, 2.24) is 9.97 Å². The van der Waals surface area contributed by atoms with Crippen LogP contribution in [0.5, 0.6) is 5.75 Å². The molecule has 27 heavy (non-hydrogen) atoms. The number of carbonyl (C=O) groups is 2. The first-order valence-electron chi connectivity index (χ1n) is 8.21. The molecular formula is C20H18N4O3. The van der Waals surface area contributed by atoms with E-state index in [0.717, 1.165) is 5.69 Å². The lowest BCUT2D eigenvalue weighted by atomic mass is 10.1. The molecular weight excluding hydrogens is 344 g/mol. The van der Waals surface area contributed by atoms with Gasteiger partial charge in [0.05, 0.1) is 25.2 Å². The zero-order chi connectivity index (χ0) is 19.2. The Balaban J connectivity index is 1.67. The van der Waals surface area contributed by atoms with Gasteiger partial charge in [0.25, 0.3) is 5.91 Å². The maximum absolute atomic E-state index is 12.3. The Hall–Kier alpha value is -3.74. The molecule has 0 aliphatic rings. The first-order valence-corrected chi connectivity index (χ1v) is 8.21. The van der Waals surface area contributed by atoms with Crippen LogP contribution in [0.2, 0.25) is 0 Å². The number of nitrogens with zero attached hydrogens (tertiary/aromatic N) is 2. The third-order valence-electron chi connectivity index (χ3n) is 3.80. The summed E-state index contributed by atoms with van der Waals surface area (Å²) < 4.78 is 5.27. The fraction of sp³-hybridized carbons (Fsp3) is 0.100. The number of rotatable bonds is 6. The predicted molar refractivity (Wildman–Crippen MR) is 103 cm³/mol. The number of ketones is 1. The number of ether oxygens (including phenoxy) is 1. The van der Waals surface area contributed by atoms with Crippen molar-refractivity contribution in [2.75, 3.05) is 17.7 Å². The second kappa shape index (κ2) is 8.09. The van der Waals surface area contributed by atoms with E-state index in [1.54, 1.807) is 31.4 Å². The van der Waals surface area contributed by atoms with E-state index in [1.165, 1.54) is 19.3 Å². The van der Waals surface area contributed by atoms with Crippen LogP contribution in [0, 0.1) is 0 Å². The fourth-order valence-electron chi connectivity index (χ4n) is 2.38. The number of anilines is 3. The van der Waals surface area contributed by atoms with Gasteiger partial charge in [-0.2, -0.15) is 0 Å². The third kappa shape index (κ3) is 4.46. The Morgan fingerprint density at radius 2 is 1.70 bits per heavy atom. The summed E-state index contributed by atoms with van der Waals surface area (Å²) in [6.45, 7) is 1.49. The number of methoxy groups -OCH3 is 1. The van der Waals surface area contributed by atoms with E-state index in [1.807, 2.05) is 24.3 Å². The summed E-state index contributed by atoms with van der Waals surface area (Å²) in [4.78, 5) is 31.9. The number of Topliss-reactive ketones (excluding diaryl/α,β-unsaturated/α-hetero) is 1. The maximum Gasteiger partial charge on any atom is 0.275 e. The maximum atomic E-state index is 12.3. The van der Waals surface area contributed by atoms with Crippen molar-refractivity contribution in [3.8, 4) is 5.75 Å². The van der Waals surface area contributed by atoms with Crippen LogP contribution in [-0.4, -0.2) is 28.8 Å². The molecule has 0 saturated heterocycles. The van der Waals surface area contributed by atoms with E-state index < -0.39 is 0 Å². The van der Waals surface area contributed by atoms with Gasteiger partial charge in [-0.25, -0.2) is 9.97 Å². The highest BCUT2D eigenvalue weighted by Gasteiger charge is 2.10. The number of benzene rings is 2. The standard InChI is InChI=1S/C20H18N4O3/c1-13(25)14-7-9-15(10-8-14)23-20(26)17-11-22-19(12-21-17)24-16-5-3-4-6-18(16)27-2/h3-12H,1-2H3,(H,22,24)(H,23,26). The molecule has 2 aromatic carbocycles. The first-order chi connectivity index (χ1) is 13.1. The number of aromatic nitrogens is 2. The Bertz CT molecular complexity index is 954. The average Bonchev–Trinajstić information content (AvgIpc) is 2.69. The molecule has 2 N–H and O–H groups in total. The van der Waals surface area contributed by atoms with Crippen LogP contribution in [0.4, 0.5) is 17.2 Å². The third-order valence-corrected chi connectivity index (χ3v) is 3.80. The number of amides is 1. The lowest BCUT2D eigenvalue weighted by Gasteiger charge is -2.10. The molecule has 0 fully saturated rings. The highest BCUT2D eigenvalue weighted by molar-refractivity contribution is 6.03. The minimum Gasteiger partial charge on any atom is -0.495 e. The Morgan fingerprint density at radius 1 is 0.963 bits per heavy atom. The Morgan fingerprint density at radius 3 is 2.33 bits per heavy atom. The molecule has 136 valence electrons. The van der Waals surface area contributed by atoms with E-state index in [-0.39, 0.29) is 17.4 Å². The van der Waals surface area contributed by atoms with Gasteiger partial charge in [0.15, 0.2) is 5.78 Å². The van der Waals surface area contributed by atoms with Gasteiger partial charge in [-0.15, -0.1) is 0 Å². The monoisotopic (exact) mass is 362 g/mol. The normalized spacial score (nSPS) is 10.1. The van der Waals surface area contributed by atoms with Gasteiger partial charge >= 0.3 is 0 Å². The van der Waals surface area contributed by atoms with Gasteiger partial charge in [0, 0.05) is 11.3 Å². The molecule has 0 unspecified atom stereocenters. The van der Waals surface area contributed by atoms with Crippen LogP contribution >= 0.6 is 0 Å². The van der Waals surface area contributed by atoms with Crippen molar-refractivity contribution in [2.24, 2.45) is 0 Å². The molecule has 0 atom stereocenters. The van der Waals surface area contributed by atoms with Crippen molar-refractivity contribution < 1.29 is 14.3 Å². The minimum atomic E-state index is -0.387. The Kier molecular flexibility index (Phi) is 5.41. The summed E-state index contributed by atoms with van der Waals surface area (Å²) in [6.07, 6.45) is 2.86. The van der Waals surface area contributed by atoms with Crippen molar-refractivity contribution in [1.29, 1.82) is 0 Å². The first kappa shape index (κ1) is 18.1. The van der Waals surface area contributed by atoms with Gasteiger partial charge in [0.2, 0.25) is 0 Å². The summed E-state index contributed by atoms with van der Waals surface area (Å²) in [6, 6.07) is 14.1. The van der Waals surface area contributed by atoms with Gasteiger partial charge in [-0.05, 0) is 43.3 Å². The highest BCUT2D eigenvalue weighted by Crippen LogP contribution is 2.25. The van der Waals surface area contributed by atoms with E-state index in [4.69, 9.17) is 4.74 Å². The van der Waals surface area contributed by atoms with Crippen molar-refractivity contribution >= 4 is 28.9 Å². The lowest BCUT2D eigenvalue weighted by molar-refractivity contribution is 0.101. The predicted octanol–water partition coefficient (Wildman–Crippen LogP) is 3.68. The number of nitrogens with one attached hydrogen (secondary N) is 2. The molecule has 1 amide bonds.